The summed E-state index contributed by atoms with van der Waals surface area (Å²) < 4.78 is 5.41. The summed E-state index contributed by atoms with van der Waals surface area (Å²) in [5, 5.41) is 4.18. The molecule has 0 saturated carbocycles. The monoisotopic (exact) mass is 273 g/mol. The molecule has 1 aliphatic carbocycles. The Labute approximate surface area is 118 Å². The van der Waals surface area contributed by atoms with Gasteiger partial charge in [0.15, 0.2) is 0 Å². The molecule has 3 heteroatoms. The van der Waals surface area contributed by atoms with Crippen LogP contribution in [0.15, 0.2) is 45.9 Å². The van der Waals surface area contributed by atoms with Gasteiger partial charge < -0.3 is 9.73 Å². The molecule has 0 amide bonds. The lowest BCUT2D eigenvalue weighted by molar-refractivity contribution is 0.526. The second-order valence-electron chi connectivity index (χ2n) is 4.94. The van der Waals surface area contributed by atoms with E-state index in [1.807, 2.05) is 18.7 Å². The molecule has 1 heterocycles. The summed E-state index contributed by atoms with van der Waals surface area (Å²) in [7, 11) is 0. The van der Waals surface area contributed by atoms with Crippen molar-refractivity contribution in [2.24, 2.45) is 0 Å². The van der Waals surface area contributed by atoms with Crippen molar-refractivity contribution in [1.29, 1.82) is 0 Å². The molecule has 100 valence electrons. The Morgan fingerprint density at radius 3 is 2.89 bits per heavy atom. The third-order valence-electron chi connectivity index (χ3n) is 3.70. The van der Waals surface area contributed by atoms with Crippen LogP contribution in [0, 0.1) is 6.92 Å². The molecule has 2 nitrogen and oxygen atoms in total. The molecule has 2 unspecified atom stereocenters. The molecule has 0 bridgehead atoms. The largest absolute Gasteiger partial charge is 0.468 e. The van der Waals surface area contributed by atoms with E-state index in [4.69, 9.17) is 4.42 Å². The van der Waals surface area contributed by atoms with E-state index in [-0.39, 0.29) is 0 Å². The zero-order valence-electron chi connectivity index (χ0n) is 11.3. The first-order valence-corrected chi connectivity index (χ1v) is 7.69. The van der Waals surface area contributed by atoms with Crippen LogP contribution in [-0.2, 0) is 6.42 Å². The highest BCUT2D eigenvalue weighted by atomic mass is 32.2. The van der Waals surface area contributed by atoms with Crippen molar-refractivity contribution >= 4 is 11.8 Å². The van der Waals surface area contributed by atoms with Crippen LogP contribution >= 0.6 is 11.8 Å². The average Bonchev–Trinajstić information content (AvgIpc) is 2.96. The Kier molecular flexibility index (Phi) is 3.67. The van der Waals surface area contributed by atoms with Crippen molar-refractivity contribution in [2.45, 2.75) is 36.5 Å². The predicted octanol–water partition coefficient (Wildman–Crippen LogP) is 3.96. The SMILES string of the molecule is CCNC1c2ccccc2CC1Sc1ccoc1C. The van der Waals surface area contributed by atoms with E-state index in [1.165, 1.54) is 16.0 Å². The summed E-state index contributed by atoms with van der Waals surface area (Å²) in [6.45, 7) is 5.21. The van der Waals surface area contributed by atoms with Crippen LogP contribution in [0.3, 0.4) is 0 Å². The van der Waals surface area contributed by atoms with E-state index < -0.39 is 0 Å². The maximum absolute atomic E-state index is 5.41. The van der Waals surface area contributed by atoms with Gasteiger partial charge in [0.1, 0.15) is 5.76 Å². The third-order valence-corrected chi connectivity index (χ3v) is 5.12. The molecule has 0 spiro atoms. The van der Waals surface area contributed by atoms with Crippen molar-refractivity contribution in [3.05, 3.63) is 53.5 Å². The quantitative estimate of drug-likeness (QED) is 0.913. The minimum Gasteiger partial charge on any atom is -0.468 e. The second kappa shape index (κ2) is 5.43. The Balaban J connectivity index is 1.85. The molecule has 1 aromatic heterocycles. The van der Waals surface area contributed by atoms with Crippen LogP contribution in [-0.4, -0.2) is 11.8 Å². The first kappa shape index (κ1) is 12.8. The molecule has 19 heavy (non-hydrogen) atoms. The Hall–Kier alpha value is -1.19. The fraction of sp³-hybridized carbons (Fsp3) is 0.375. The lowest BCUT2D eigenvalue weighted by Crippen LogP contribution is -2.26. The highest BCUT2D eigenvalue weighted by Gasteiger charge is 2.32. The number of fused-ring (bicyclic) bond motifs is 1. The summed E-state index contributed by atoms with van der Waals surface area (Å²) in [6.07, 6.45) is 2.91. The third kappa shape index (κ3) is 2.45. The average molecular weight is 273 g/mol. The van der Waals surface area contributed by atoms with E-state index in [9.17, 15) is 0 Å². The van der Waals surface area contributed by atoms with Crippen molar-refractivity contribution < 1.29 is 4.42 Å². The molecule has 3 rings (SSSR count). The van der Waals surface area contributed by atoms with E-state index in [0.717, 1.165) is 18.7 Å². The van der Waals surface area contributed by atoms with Gasteiger partial charge in [-0.1, -0.05) is 31.2 Å². The zero-order chi connectivity index (χ0) is 13.2. The topological polar surface area (TPSA) is 25.2 Å². The number of benzene rings is 1. The van der Waals surface area contributed by atoms with Gasteiger partial charge in [0.25, 0.3) is 0 Å². The highest BCUT2D eigenvalue weighted by Crippen LogP contribution is 2.42. The fourth-order valence-corrected chi connectivity index (χ4v) is 4.10. The van der Waals surface area contributed by atoms with Gasteiger partial charge in [-0.2, -0.15) is 0 Å². The number of hydrogen-bond acceptors (Lipinski definition) is 3. The molecule has 0 fully saturated rings. The minimum atomic E-state index is 0.445. The molecule has 2 aromatic rings. The number of furan rings is 1. The molecular formula is C16H19NOS. The lowest BCUT2D eigenvalue weighted by Gasteiger charge is -2.20. The van der Waals surface area contributed by atoms with Crippen LogP contribution in [0.4, 0.5) is 0 Å². The van der Waals surface area contributed by atoms with Gasteiger partial charge in [-0.3, -0.25) is 0 Å². The molecule has 0 saturated heterocycles. The first-order chi connectivity index (χ1) is 9.29. The number of hydrogen-bond donors (Lipinski definition) is 1. The molecule has 2 atom stereocenters. The number of aryl methyl sites for hydroxylation is 1. The van der Waals surface area contributed by atoms with Gasteiger partial charge in [-0.25, -0.2) is 0 Å². The van der Waals surface area contributed by atoms with Gasteiger partial charge in [0, 0.05) is 16.2 Å². The zero-order valence-corrected chi connectivity index (χ0v) is 12.2. The van der Waals surface area contributed by atoms with Gasteiger partial charge in [0.05, 0.1) is 6.26 Å². The van der Waals surface area contributed by atoms with Crippen LogP contribution in [0.2, 0.25) is 0 Å². The van der Waals surface area contributed by atoms with Crippen LogP contribution in [0.25, 0.3) is 0 Å². The molecular weight excluding hydrogens is 254 g/mol. The molecule has 0 aliphatic heterocycles. The Morgan fingerprint density at radius 2 is 2.16 bits per heavy atom. The molecule has 1 N–H and O–H groups in total. The van der Waals surface area contributed by atoms with Gasteiger partial charge >= 0.3 is 0 Å². The lowest BCUT2D eigenvalue weighted by atomic mass is 10.1. The summed E-state index contributed by atoms with van der Waals surface area (Å²) >= 11 is 1.93. The number of nitrogens with one attached hydrogen (secondary N) is 1. The number of thioether (sulfide) groups is 1. The summed E-state index contributed by atoms with van der Waals surface area (Å²) in [5.74, 6) is 1.02. The highest BCUT2D eigenvalue weighted by molar-refractivity contribution is 8.00. The Morgan fingerprint density at radius 1 is 1.32 bits per heavy atom. The van der Waals surface area contributed by atoms with Crippen LogP contribution in [0.1, 0.15) is 29.9 Å². The normalized spacial score (nSPS) is 21.6. The van der Waals surface area contributed by atoms with E-state index >= 15 is 0 Å². The van der Waals surface area contributed by atoms with Crippen LogP contribution < -0.4 is 5.32 Å². The molecule has 1 aliphatic rings. The fourth-order valence-electron chi connectivity index (χ4n) is 2.79. The summed E-state index contributed by atoms with van der Waals surface area (Å²) in [4.78, 5) is 1.26. The van der Waals surface area contributed by atoms with E-state index in [2.05, 4.69) is 42.6 Å². The van der Waals surface area contributed by atoms with Gasteiger partial charge in [0.2, 0.25) is 0 Å². The second-order valence-corrected chi connectivity index (χ2v) is 6.22. The maximum atomic E-state index is 5.41. The van der Waals surface area contributed by atoms with Crippen molar-refractivity contribution in [1.82, 2.24) is 5.32 Å². The van der Waals surface area contributed by atoms with Crippen molar-refractivity contribution in [3.63, 3.8) is 0 Å². The first-order valence-electron chi connectivity index (χ1n) is 6.81. The van der Waals surface area contributed by atoms with E-state index in [1.54, 1.807) is 6.26 Å². The number of rotatable bonds is 4. The van der Waals surface area contributed by atoms with Crippen molar-refractivity contribution in [2.75, 3.05) is 6.54 Å². The molecule has 0 radical (unpaired) electrons. The van der Waals surface area contributed by atoms with Crippen LogP contribution in [0.5, 0.6) is 0 Å². The minimum absolute atomic E-state index is 0.445. The Bertz CT molecular complexity index is 563. The molecule has 1 aromatic carbocycles. The van der Waals surface area contributed by atoms with Crippen molar-refractivity contribution in [3.8, 4) is 0 Å². The predicted molar refractivity (Wildman–Crippen MR) is 79.7 cm³/mol. The maximum Gasteiger partial charge on any atom is 0.114 e. The van der Waals surface area contributed by atoms with Gasteiger partial charge in [-0.15, -0.1) is 11.8 Å². The summed E-state index contributed by atoms with van der Waals surface area (Å²) in [5.41, 5.74) is 2.94. The smallest absolute Gasteiger partial charge is 0.114 e. The van der Waals surface area contributed by atoms with Gasteiger partial charge in [-0.05, 0) is 37.1 Å². The summed E-state index contributed by atoms with van der Waals surface area (Å²) in [6, 6.07) is 11.3. The van der Waals surface area contributed by atoms with E-state index in [0.29, 0.717) is 11.3 Å². The standard InChI is InChI=1S/C16H19NOS/c1-3-17-16-13-7-5-4-6-12(13)10-15(16)19-14-8-9-18-11(14)2/h4-9,15-17H,3,10H2,1-2H3.